The van der Waals surface area contributed by atoms with Crippen LogP contribution in [-0.4, -0.2) is 84.0 Å². The van der Waals surface area contributed by atoms with E-state index in [9.17, 15) is 24.0 Å². The third-order valence-corrected chi connectivity index (χ3v) is 11.8. The van der Waals surface area contributed by atoms with Crippen molar-refractivity contribution in [2.45, 2.75) is 97.1 Å². The quantitative estimate of drug-likeness (QED) is 0.0676. The molecule has 17 nitrogen and oxygen atoms in total. The lowest BCUT2D eigenvalue weighted by molar-refractivity contribution is -0.136. The minimum Gasteiger partial charge on any atom is -0.496 e. The summed E-state index contributed by atoms with van der Waals surface area (Å²) in [5, 5.41) is 19.2. The van der Waals surface area contributed by atoms with Gasteiger partial charge in [-0.1, -0.05) is 30.1 Å². The zero-order valence-electron chi connectivity index (χ0n) is 34.4. The zero-order chi connectivity index (χ0) is 42.5. The van der Waals surface area contributed by atoms with Crippen molar-refractivity contribution in [1.29, 1.82) is 0 Å². The average molecular weight is 827 g/mol. The van der Waals surface area contributed by atoms with Gasteiger partial charge in [-0.05, 0) is 83.1 Å². The van der Waals surface area contributed by atoms with Gasteiger partial charge in [-0.3, -0.25) is 34.2 Å². The lowest BCUT2D eigenvalue weighted by Crippen LogP contribution is -2.54. The van der Waals surface area contributed by atoms with Crippen molar-refractivity contribution in [1.82, 2.24) is 45.4 Å². The predicted molar refractivity (Wildman–Crippen MR) is 224 cm³/mol. The summed E-state index contributed by atoms with van der Waals surface area (Å²) >= 11 is 0. The van der Waals surface area contributed by atoms with E-state index < -0.39 is 35.6 Å². The number of unbranched alkanes of at least 4 members (excludes halogenated alkanes) is 3. The number of aromatic nitrogens is 6. The van der Waals surface area contributed by atoms with Gasteiger partial charge in [0.05, 0.1) is 40.6 Å². The molecule has 0 bridgehead atoms. The van der Waals surface area contributed by atoms with Crippen LogP contribution in [0.5, 0.6) is 5.75 Å². The van der Waals surface area contributed by atoms with Gasteiger partial charge in [0.2, 0.25) is 17.6 Å². The van der Waals surface area contributed by atoms with Gasteiger partial charge in [0.1, 0.15) is 34.8 Å². The predicted octanol–water partition coefficient (Wildman–Crippen LogP) is 6.16. The summed E-state index contributed by atoms with van der Waals surface area (Å²) in [5.74, 6) is 0.506. The van der Waals surface area contributed by atoms with Gasteiger partial charge in [-0.25, -0.2) is 14.6 Å². The smallest absolute Gasteiger partial charge is 0.289 e. The van der Waals surface area contributed by atoms with Crippen molar-refractivity contribution in [3.05, 3.63) is 76.1 Å². The number of carbonyl (C=O) groups excluding carboxylic acids is 5. The Hall–Kier alpha value is -6.91. The summed E-state index contributed by atoms with van der Waals surface area (Å²) in [6.07, 6.45) is 6.04. The first kappa shape index (κ1) is 39.5. The maximum absolute atomic E-state index is 13.7. The molecule has 1 unspecified atom stereocenters. The van der Waals surface area contributed by atoms with E-state index in [1.807, 2.05) is 43.7 Å². The van der Waals surface area contributed by atoms with Crippen molar-refractivity contribution in [3.8, 4) is 16.9 Å². The molecule has 6 heterocycles. The van der Waals surface area contributed by atoms with Crippen molar-refractivity contribution in [2.24, 2.45) is 0 Å². The van der Waals surface area contributed by atoms with E-state index in [0.717, 1.165) is 81.8 Å². The van der Waals surface area contributed by atoms with E-state index in [-0.39, 0.29) is 24.2 Å². The van der Waals surface area contributed by atoms with Gasteiger partial charge in [0.15, 0.2) is 0 Å². The minimum atomic E-state index is -1.01. The highest BCUT2D eigenvalue weighted by molar-refractivity contribution is 6.24. The number of benzene rings is 2. The van der Waals surface area contributed by atoms with E-state index in [2.05, 4.69) is 32.2 Å². The molecule has 2 aromatic carbocycles. The third kappa shape index (κ3) is 7.27. The van der Waals surface area contributed by atoms with Gasteiger partial charge < -0.3 is 24.9 Å². The van der Waals surface area contributed by atoms with Crippen molar-refractivity contribution in [3.63, 3.8) is 0 Å². The van der Waals surface area contributed by atoms with Crippen molar-refractivity contribution >= 4 is 63.1 Å². The second kappa shape index (κ2) is 15.9. The molecule has 9 rings (SSSR count). The number of H-pyrrole nitrogens is 1. The number of nitrogens with one attached hydrogen (secondary N) is 4. The van der Waals surface area contributed by atoms with Gasteiger partial charge in [-0.2, -0.15) is 5.10 Å². The molecule has 0 spiro atoms. The number of hydrogen-bond acceptors (Lipinski definition) is 12. The van der Waals surface area contributed by atoms with Crippen LogP contribution in [-0.2, 0) is 22.6 Å². The Morgan fingerprint density at radius 1 is 0.967 bits per heavy atom. The number of nitrogens with zero attached hydrogens (tertiary/aromatic N) is 6. The first-order valence-corrected chi connectivity index (χ1v) is 20.9. The fourth-order valence-electron chi connectivity index (χ4n) is 8.59. The van der Waals surface area contributed by atoms with Gasteiger partial charge in [0, 0.05) is 48.0 Å². The molecule has 3 aliphatic rings. The summed E-state index contributed by atoms with van der Waals surface area (Å²) in [6.45, 7) is 6.82. The molecule has 17 heteroatoms. The molecule has 1 atom stereocenters. The molecule has 6 aromatic rings. The Bertz CT molecular complexity index is 2760. The van der Waals surface area contributed by atoms with E-state index in [0.29, 0.717) is 65.8 Å². The fourth-order valence-corrected chi connectivity index (χ4v) is 8.59. The molecule has 61 heavy (non-hydrogen) atoms. The van der Waals surface area contributed by atoms with Crippen LogP contribution in [0.1, 0.15) is 118 Å². The normalized spacial score (nSPS) is 16.5. The van der Waals surface area contributed by atoms with Crippen LogP contribution < -0.4 is 20.7 Å². The number of imide groups is 2. The van der Waals surface area contributed by atoms with Crippen molar-refractivity contribution in [2.75, 3.05) is 19.0 Å². The number of methoxy groups -OCH3 is 1. The summed E-state index contributed by atoms with van der Waals surface area (Å²) in [6, 6.07) is 10.2. The van der Waals surface area contributed by atoms with Crippen LogP contribution in [0.15, 0.2) is 40.9 Å². The number of aryl methyl sites for hydroxylation is 4. The molecule has 1 saturated heterocycles. The molecule has 5 amide bonds. The largest absolute Gasteiger partial charge is 0.496 e. The fraction of sp³-hybridized carbons (Fsp3) is 0.386. The van der Waals surface area contributed by atoms with E-state index in [1.54, 1.807) is 19.2 Å². The Balaban J connectivity index is 0.891. The highest BCUT2D eigenvalue weighted by atomic mass is 16.5. The highest BCUT2D eigenvalue weighted by Crippen LogP contribution is 2.43. The number of hydrogen-bond donors (Lipinski definition) is 4. The average Bonchev–Trinajstić information content (AvgIpc) is 3.69. The van der Waals surface area contributed by atoms with E-state index in [4.69, 9.17) is 24.3 Å². The van der Waals surface area contributed by atoms with Crippen LogP contribution in [0.4, 0.5) is 11.6 Å². The lowest BCUT2D eigenvalue weighted by Gasteiger charge is -2.27. The minimum absolute atomic E-state index is 0.00736. The van der Waals surface area contributed by atoms with Crippen molar-refractivity contribution < 1.29 is 33.2 Å². The summed E-state index contributed by atoms with van der Waals surface area (Å²) in [5.41, 5.74) is 6.02. The number of anilines is 2. The van der Waals surface area contributed by atoms with E-state index >= 15 is 0 Å². The molecular formula is C44H46N10O7. The Labute approximate surface area is 350 Å². The maximum Gasteiger partial charge on any atom is 0.289 e. The van der Waals surface area contributed by atoms with Gasteiger partial charge in [0.25, 0.3) is 17.7 Å². The maximum atomic E-state index is 13.7. The second-order valence-electron chi connectivity index (χ2n) is 15.9. The number of ether oxygens (including phenoxy) is 1. The first-order chi connectivity index (χ1) is 29.5. The number of rotatable bonds is 15. The summed E-state index contributed by atoms with van der Waals surface area (Å²) < 4.78 is 13.3. The van der Waals surface area contributed by atoms with Gasteiger partial charge in [-0.15, -0.1) is 0 Å². The second-order valence-corrected chi connectivity index (χ2v) is 15.9. The molecule has 2 aliphatic heterocycles. The number of fused-ring (bicyclic) bond motifs is 4. The Morgan fingerprint density at radius 3 is 2.52 bits per heavy atom. The van der Waals surface area contributed by atoms with Crippen LogP contribution in [0.3, 0.4) is 0 Å². The Kier molecular flexibility index (Phi) is 10.3. The SMILES string of the molecule is CCn1nc(C2CC2)cc1Nc1nc(C(=O)NCCCCCCc2cccc3c2C(=O)N(C2CCC(=O)NC2=O)C3=O)nc2[nH]c3cc(-c4c(C)noc4C)c(OC)cc3c12. The third-order valence-electron chi connectivity index (χ3n) is 11.8. The molecule has 1 aliphatic carbocycles. The number of carbonyl (C=O) groups is 5. The van der Waals surface area contributed by atoms with Crippen LogP contribution in [0.25, 0.3) is 33.1 Å². The standard InChI is InChI=1S/C44H46N10O7/c1-5-53-33(21-29(51-53)24-14-15-24)47-39-37-27-20-32(60-4)28(35-22(2)52-61-23(35)3)19-30(27)46-38(37)49-40(50-39)42(57)45-18-9-7-6-8-11-25-12-10-13-26-36(25)44(59)54(43(26)58)31-16-17-34(55)48-41(31)56/h10,12-13,19-21,24,31H,5-9,11,14-18H2,1-4H3,(H,45,57)(H,48,55,56)(H2,46,47,49,50). The van der Waals surface area contributed by atoms with Crippen LogP contribution in [0.2, 0.25) is 0 Å². The van der Waals surface area contributed by atoms with E-state index in [1.165, 1.54) is 0 Å². The summed E-state index contributed by atoms with van der Waals surface area (Å²) in [4.78, 5) is 78.5. The molecule has 0 radical (unpaired) electrons. The summed E-state index contributed by atoms with van der Waals surface area (Å²) in [7, 11) is 1.62. The zero-order valence-corrected chi connectivity index (χ0v) is 34.4. The first-order valence-electron chi connectivity index (χ1n) is 20.9. The molecule has 4 N–H and O–H groups in total. The van der Waals surface area contributed by atoms with Crippen LogP contribution >= 0.6 is 0 Å². The lowest BCUT2D eigenvalue weighted by atomic mass is 9.97. The molecule has 4 aromatic heterocycles. The highest BCUT2D eigenvalue weighted by Gasteiger charge is 2.45. The molecule has 1 saturated carbocycles. The number of piperidine rings is 1. The molecule has 2 fully saturated rings. The Morgan fingerprint density at radius 2 is 1.79 bits per heavy atom. The topological polar surface area (TPSA) is 219 Å². The van der Waals surface area contributed by atoms with Crippen LogP contribution in [0, 0.1) is 13.8 Å². The monoisotopic (exact) mass is 826 g/mol. The molecular weight excluding hydrogens is 781 g/mol. The number of amides is 5. The number of aromatic amines is 1. The van der Waals surface area contributed by atoms with Gasteiger partial charge >= 0.3 is 0 Å². The molecule has 314 valence electrons.